The zero-order chi connectivity index (χ0) is 22.5. The first-order valence-corrected chi connectivity index (χ1v) is 13.4. The number of nitrogens with one attached hydrogen (secondary N) is 1. The minimum absolute atomic E-state index is 0.152. The Kier molecular flexibility index (Phi) is 5.75. The summed E-state index contributed by atoms with van der Waals surface area (Å²) in [7, 11) is -0.598. The largest absolute Gasteiger partial charge is 0.378 e. The molecule has 1 saturated heterocycles. The van der Waals surface area contributed by atoms with Crippen LogP contribution in [-0.4, -0.2) is 65.6 Å². The van der Waals surface area contributed by atoms with Gasteiger partial charge in [-0.3, -0.25) is 4.79 Å². The molecule has 0 spiro atoms. The minimum atomic E-state index is -3.62. The number of benzene rings is 1. The molecule has 8 heteroatoms. The third-order valence-corrected chi connectivity index (χ3v) is 9.94. The van der Waals surface area contributed by atoms with Crippen molar-refractivity contribution in [2.45, 2.75) is 43.4 Å². The topological polar surface area (TPSA) is 79.0 Å². The van der Waals surface area contributed by atoms with E-state index >= 15 is 0 Å². The van der Waals surface area contributed by atoms with Gasteiger partial charge in [-0.25, -0.2) is 12.7 Å². The summed E-state index contributed by atoms with van der Waals surface area (Å²) in [5, 5.41) is 3.24. The number of nitrogens with zero attached hydrogens (tertiary/aromatic N) is 2. The van der Waals surface area contributed by atoms with Crippen LogP contribution in [0.3, 0.4) is 0 Å². The maximum absolute atomic E-state index is 13.5. The van der Waals surface area contributed by atoms with E-state index in [1.807, 2.05) is 0 Å². The molecule has 1 aromatic rings. The van der Waals surface area contributed by atoms with Crippen LogP contribution in [0.25, 0.3) is 0 Å². The zero-order valence-corrected chi connectivity index (χ0v) is 20.0. The summed E-state index contributed by atoms with van der Waals surface area (Å²) in [5.41, 5.74) is 1.46. The average Bonchev–Trinajstić information content (AvgIpc) is 2.76. The van der Waals surface area contributed by atoms with Crippen molar-refractivity contribution in [3.8, 4) is 0 Å². The van der Waals surface area contributed by atoms with E-state index in [0.717, 1.165) is 23.4 Å². The molecule has 176 valence electrons. The Hall–Kier alpha value is -1.64. The van der Waals surface area contributed by atoms with Crippen molar-refractivity contribution in [2.75, 3.05) is 51.8 Å². The number of sulfonamides is 1. The predicted molar refractivity (Wildman–Crippen MR) is 123 cm³/mol. The number of rotatable bonds is 6. The maximum Gasteiger partial charge on any atom is 0.253 e. The van der Waals surface area contributed by atoms with Gasteiger partial charge >= 0.3 is 0 Å². The molecule has 0 unspecified atom stereocenters. The number of ether oxygens (including phenoxy) is 1. The number of hydrogen-bond donors (Lipinski definition) is 1. The van der Waals surface area contributed by atoms with Gasteiger partial charge in [0.05, 0.1) is 23.7 Å². The molecule has 7 nitrogen and oxygen atoms in total. The van der Waals surface area contributed by atoms with Crippen molar-refractivity contribution in [1.29, 1.82) is 0 Å². The van der Waals surface area contributed by atoms with Gasteiger partial charge in [-0.15, -0.1) is 0 Å². The fraction of sp³-hybridized carbons (Fsp3) is 0.708. The predicted octanol–water partition coefficient (Wildman–Crippen LogP) is 2.72. The molecule has 0 aromatic heterocycles. The van der Waals surface area contributed by atoms with Gasteiger partial charge in [-0.2, -0.15) is 0 Å². The van der Waals surface area contributed by atoms with Crippen LogP contribution in [0.4, 0.5) is 5.69 Å². The Morgan fingerprint density at radius 2 is 1.69 bits per heavy atom. The SMILES string of the molecule is CN(C)S(=O)(=O)c1ccc(N2CCOCC2)c(C(=O)NCC23CC4CC(CC(C4)C2)C3)c1. The summed E-state index contributed by atoms with van der Waals surface area (Å²) in [6.45, 7) is 3.28. The van der Waals surface area contributed by atoms with Gasteiger partial charge < -0.3 is 15.0 Å². The monoisotopic (exact) mass is 461 g/mol. The second-order valence-corrected chi connectivity index (χ2v) is 12.8. The highest BCUT2D eigenvalue weighted by atomic mass is 32.2. The third kappa shape index (κ3) is 4.05. The van der Waals surface area contributed by atoms with Crippen molar-refractivity contribution >= 4 is 21.6 Å². The van der Waals surface area contributed by atoms with Crippen molar-refractivity contribution in [3.05, 3.63) is 23.8 Å². The van der Waals surface area contributed by atoms with Gasteiger partial charge in [0.25, 0.3) is 5.91 Å². The van der Waals surface area contributed by atoms with Crippen LogP contribution in [0.1, 0.15) is 48.9 Å². The lowest BCUT2D eigenvalue weighted by Crippen LogP contribution is -2.51. The van der Waals surface area contributed by atoms with Crippen LogP contribution in [0.15, 0.2) is 23.1 Å². The normalized spacial score (nSPS) is 31.8. The molecule has 5 fully saturated rings. The first kappa shape index (κ1) is 22.2. The molecule has 32 heavy (non-hydrogen) atoms. The van der Waals surface area contributed by atoms with Crippen LogP contribution < -0.4 is 10.2 Å². The van der Waals surface area contributed by atoms with Crippen LogP contribution in [-0.2, 0) is 14.8 Å². The van der Waals surface area contributed by atoms with Gasteiger partial charge in [0, 0.05) is 39.4 Å². The zero-order valence-electron chi connectivity index (χ0n) is 19.2. The van der Waals surface area contributed by atoms with Crippen LogP contribution in [0, 0.1) is 23.2 Å². The fourth-order valence-corrected chi connectivity index (χ4v) is 7.95. The first-order valence-electron chi connectivity index (χ1n) is 11.9. The van der Waals surface area contributed by atoms with E-state index in [9.17, 15) is 13.2 Å². The van der Waals surface area contributed by atoms with Crippen LogP contribution in [0.5, 0.6) is 0 Å². The molecule has 0 radical (unpaired) electrons. The van der Waals surface area contributed by atoms with Crippen molar-refractivity contribution in [2.24, 2.45) is 23.2 Å². The van der Waals surface area contributed by atoms with Gasteiger partial charge in [-0.05, 0) is 79.9 Å². The molecule has 4 bridgehead atoms. The van der Waals surface area contributed by atoms with E-state index in [1.165, 1.54) is 56.9 Å². The molecule has 0 atom stereocenters. The summed E-state index contributed by atoms with van der Waals surface area (Å²) >= 11 is 0. The highest BCUT2D eigenvalue weighted by Gasteiger charge is 2.50. The summed E-state index contributed by atoms with van der Waals surface area (Å²) in [5.74, 6) is 2.32. The van der Waals surface area contributed by atoms with Gasteiger partial charge in [0.2, 0.25) is 10.0 Å². The van der Waals surface area contributed by atoms with Gasteiger partial charge in [-0.1, -0.05) is 0 Å². The lowest BCUT2D eigenvalue weighted by Gasteiger charge is -2.56. The van der Waals surface area contributed by atoms with Crippen LogP contribution >= 0.6 is 0 Å². The molecular weight excluding hydrogens is 426 g/mol. The fourth-order valence-electron chi connectivity index (χ4n) is 7.02. The Labute approximate surface area is 191 Å². The molecule has 5 aliphatic rings. The molecule has 4 aliphatic carbocycles. The smallest absolute Gasteiger partial charge is 0.253 e. The highest BCUT2D eigenvalue weighted by molar-refractivity contribution is 7.89. The Morgan fingerprint density at radius 1 is 1.09 bits per heavy atom. The van der Waals surface area contributed by atoms with Gasteiger partial charge in [0.15, 0.2) is 0 Å². The van der Waals surface area contributed by atoms with E-state index in [0.29, 0.717) is 38.4 Å². The molecule has 1 heterocycles. The highest BCUT2D eigenvalue weighted by Crippen LogP contribution is 2.59. The minimum Gasteiger partial charge on any atom is -0.378 e. The summed E-state index contributed by atoms with van der Waals surface area (Å²) in [6, 6.07) is 4.94. The molecule has 1 amide bonds. The standard InChI is InChI=1S/C24H35N3O4S/c1-26(2)32(29,30)20-3-4-22(27-5-7-31-8-6-27)21(12-20)23(28)25-16-24-13-17-9-18(14-24)11-19(10-17)15-24/h3-4,12,17-19H,5-11,13-16H2,1-2H3,(H,25,28). The number of morpholine rings is 1. The van der Waals surface area contributed by atoms with E-state index in [1.54, 1.807) is 18.2 Å². The quantitative estimate of drug-likeness (QED) is 0.705. The lowest BCUT2D eigenvalue weighted by molar-refractivity contribution is -0.0503. The summed E-state index contributed by atoms with van der Waals surface area (Å²) < 4.78 is 32.1. The van der Waals surface area contributed by atoms with Crippen LogP contribution in [0.2, 0.25) is 0 Å². The van der Waals surface area contributed by atoms with Crippen molar-refractivity contribution in [3.63, 3.8) is 0 Å². The number of amides is 1. The lowest BCUT2D eigenvalue weighted by atomic mass is 9.49. The molecule has 1 N–H and O–H groups in total. The number of carbonyl (C=O) groups is 1. The second kappa shape index (κ2) is 8.29. The Bertz CT molecular complexity index is 950. The van der Waals surface area contributed by atoms with Crippen molar-refractivity contribution in [1.82, 2.24) is 9.62 Å². The summed E-state index contributed by atoms with van der Waals surface area (Å²) in [6.07, 6.45) is 7.80. The Morgan fingerprint density at radius 3 is 2.25 bits per heavy atom. The molecule has 1 aliphatic heterocycles. The number of carbonyl (C=O) groups excluding carboxylic acids is 1. The second-order valence-electron chi connectivity index (χ2n) is 10.7. The molecule has 6 rings (SSSR count). The molecule has 4 saturated carbocycles. The van der Waals surface area contributed by atoms with E-state index in [-0.39, 0.29) is 16.2 Å². The number of hydrogen-bond acceptors (Lipinski definition) is 5. The van der Waals surface area contributed by atoms with E-state index in [2.05, 4.69) is 10.2 Å². The maximum atomic E-state index is 13.5. The van der Waals surface area contributed by atoms with Crippen molar-refractivity contribution < 1.29 is 17.9 Å². The third-order valence-electron chi connectivity index (χ3n) is 8.13. The number of anilines is 1. The molecule has 1 aromatic carbocycles. The average molecular weight is 462 g/mol. The Balaban J connectivity index is 1.40. The first-order chi connectivity index (χ1) is 15.3. The summed E-state index contributed by atoms with van der Waals surface area (Å²) in [4.78, 5) is 15.7. The van der Waals surface area contributed by atoms with E-state index < -0.39 is 10.0 Å². The molecular formula is C24H35N3O4S. The van der Waals surface area contributed by atoms with Gasteiger partial charge in [0.1, 0.15) is 0 Å². The van der Waals surface area contributed by atoms with E-state index in [4.69, 9.17) is 4.74 Å².